The van der Waals surface area contributed by atoms with Gasteiger partial charge in [0.2, 0.25) is 0 Å². The van der Waals surface area contributed by atoms with E-state index in [1.807, 2.05) is 0 Å². The molecule has 14 heavy (non-hydrogen) atoms. The molecule has 0 heterocycles. The lowest BCUT2D eigenvalue weighted by atomic mass is 9.85. The van der Waals surface area contributed by atoms with Gasteiger partial charge < -0.3 is 15.3 Å². The van der Waals surface area contributed by atoms with Gasteiger partial charge in [0.25, 0.3) is 0 Å². The highest BCUT2D eigenvalue weighted by Gasteiger charge is 2.29. The van der Waals surface area contributed by atoms with E-state index in [0.29, 0.717) is 0 Å². The molecular weight excluding hydrogens is 184 g/mol. The van der Waals surface area contributed by atoms with Crippen molar-refractivity contribution in [3.63, 3.8) is 0 Å². The van der Waals surface area contributed by atoms with Crippen LogP contribution >= 0.6 is 0 Å². The van der Waals surface area contributed by atoms with Gasteiger partial charge in [-0.25, -0.2) is 0 Å². The molecule has 0 rings (SSSR count). The number of aliphatic hydroxyl groups is 3. The highest BCUT2D eigenvalue weighted by molar-refractivity contribution is 5.83. The zero-order chi connectivity index (χ0) is 11.4. The van der Waals surface area contributed by atoms with Crippen molar-refractivity contribution in [1.82, 2.24) is 0 Å². The molecule has 0 aromatic heterocycles. The Morgan fingerprint density at radius 3 is 2.14 bits per heavy atom. The molecule has 4 nitrogen and oxygen atoms in total. The first-order valence-electron chi connectivity index (χ1n) is 4.78. The molecule has 0 aliphatic heterocycles. The minimum Gasteiger partial charge on any atom is -0.396 e. The van der Waals surface area contributed by atoms with Gasteiger partial charge in [-0.05, 0) is 11.8 Å². The quantitative estimate of drug-likeness (QED) is 0.593. The monoisotopic (exact) mass is 204 g/mol. The maximum atomic E-state index is 11.4. The fourth-order valence-corrected chi connectivity index (χ4v) is 1.08. The molecule has 2 atom stereocenters. The first-order chi connectivity index (χ1) is 6.29. The molecular formula is C10H20O4. The lowest BCUT2D eigenvalue weighted by Crippen LogP contribution is -2.36. The second-order valence-corrected chi connectivity index (χ2v) is 4.61. The van der Waals surface area contributed by atoms with Gasteiger partial charge >= 0.3 is 0 Å². The maximum absolute atomic E-state index is 11.4. The van der Waals surface area contributed by atoms with E-state index in [-0.39, 0.29) is 25.2 Å². The lowest BCUT2D eigenvalue weighted by Gasteiger charge is -2.25. The van der Waals surface area contributed by atoms with Crippen LogP contribution in [0.1, 0.15) is 33.6 Å². The molecule has 84 valence electrons. The fourth-order valence-electron chi connectivity index (χ4n) is 1.08. The smallest absolute Gasteiger partial charge is 0.164 e. The number of rotatable bonds is 5. The minimum atomic E-state index is -1.06. The number of Topliss-reactive ketones (excluding diaryl/α,β-unsaturated/α-hetero) is 1. The van der Waals surface area contributed by atoms with Gasteiger partial charge in [0.05, 0.1) is 6.10 Å². The fraction of sp³-hybridized carbons (Fsp3) is 0.900. The predicted octanol–water partition coefficient (Wildman–Crippen LogP) is 0.0959. The van der Waals surface area contributed by atoms with Crippen LogP contribution in [0.3, 0.4) is 0 Å². The first-order valence-corrected chi connectivity index (χ1v) is 4.78. The van der Waals surface area contributed by atoms with Crippen LogP contribution in [-0.4, -0.2) is 39.9 Å². The summed E-state index contributed by atoms with van der Waals surface area (Å²) in [6, 6.07) is 0. The molecule has 0 fully saturated rings. The van der Waals surface area contributed by atoms with Gasteiger partial charge in [-0.2, -0.15) is 0 Å². The van der Waals surface area contributed by atoms with Crippen molar-refractivity contribution in [2.24, 2.45) is 5.41 Å². The number of carbonyl (C=O) groups is 1. The van der Waals surface area contributed by atoms with Gasteiger partial charge in [0.15, 0.2) is 5.78 Å². The summed E-state index contributed by atoms with van der Waals surface area (Å²) in [5.41, 5.74) is -0.504. The molecule has 0 saturated heterocycles. The van der Waals surface area contributed by atoms with Crippen molar-refractivity contribution in [3.8, 4) is 0 Å². The van der Waals surface area contributed by atoms with Crippen molar-refractivity contribution in [2.45, 2.75) is 45.8 Å². The van der Waals surface area contributed by atoms with Crippen LogP contribution in [0.5, 0.6) is 0 Å². The minimum absolute atomic E-state index is 0.0982. The van der Waals surface area contributed by atoms with Gasteiger partial charge in [-0.3, -0.25) is 4.79 Å². The summed E-state index contributed by atoms with van der Waals surface area (Å²) in [7, 11) is 0. The van der Waals surface area contributed by atoms with Gasteiger partial charge in [0.1, 0.15) is 6.10 Å². The first kappa shape index (κ1) is 13.5. The topological polar surface area (TPSA) is 77.8 Å². The van der Waals surface area contributed by atoms with E-state index in [4.69, 9.17) is 5.11 Å². The average molecular weight is 204 g/mol. The van der Waals surface area contributed by atoms with E-state index in [1.165, 1.54) is 0 Å². The van der Waals surface area contributed by atoms with Crippen LogP contribution in [0.2, 0.25) is 0 Å². The van der Waals surface area contributed by atoms with E-state index in [1.54, 1.807) is 20.8 Å². The Kier molecular flexibility index (Phi) is 5.26. The number of ketones is 1. The number of hydrogen-bond donors (Lipinski definition) is 3. The summed E-state index contributed by atoms with van der Waals surface area (Å²) in [4.78, 5) is 11.4. The van der Waals surface area contributed by atoms with E-state index >= 15 is 0 Å². The van der Waals surface area contributed by atoms with Crippen molar-refractivity contribution in [3.05, 3.63) is 0 Å². The van der Waals surface area contributed by atoms with Crippen molar-refractivity contribution in [2.75, 3.05) is 6.61 Å². The Morgan fingerprint density at radius 2 is 1.79 bits per heavy atom. The third-order valence-electron chi connectivity index (χ3n) is 2.02. The Bertz CT molecular complexity index is 183. The summed E-state index contributed by atoms with van der Waals surface area (Å²) in [6.07, 6.45) is -1.85. The molecule has 3 N–H and O–H groups in total. The summed E-state index contributed by atoms with van der Waals surface area (Å²) in [5.74, 6) is -0.376. The van der Waals surface area contributed by atoms with Crippen LogP contribution in [0, 0.1) is 5.41 Å². The zero-order valence-electron chi connectivity index (χ0n) is 9.03. The van der Waals surface area contributed by atoms with Gasteiger partial charge in [-0.15, -0.1) is 0 Å². The van der Waals surface area contributed by atoms with Gasteiger partial charge in [0, 0.05) is 13.0 Å². The van der Waals surface area contributed by atoms with Crippen LogP contribution in [-0.2, 0) is 4.79 Å². The number of aliphatic hydroxyl groups excluding tert-OH is 3. The molecule has 0 aliphatic carbocycles. The molecule has 0 saturated carbocycles. The molecule has 0 aliphatic rings. The SMILES string of the molecule is CC(C)(C)C(O)C(=O)CC(O)CCO. The number of carbonyl (C=O) groups excluding carboxylic acids is 1. The summed E-state index contributed by atoms with van der Waals surface area (Å²) in [6.45, 7) is 5.12. The molecule has 0 bridgehead atoms. The third kappa shape index (κ3) is 4.69. The molecule has 4 heteroatoms. The normalized spacial score (nSPS) is 16.4. The molecule has 0 spiro atoms. The van der Waals surface area contributed by atoms with Crippen LogP contribution in [0.25, 0.3) is 0 Å². The standard InChI is InChI=1S/C10H20O4/c1-10(2,3)9(14)8(13)6-7(12)4-5-11/h7,9,11-12,14H,4-6H2,1-3H3. The average Bonchev–Trinajstić information content (AvgIpc) is 2.01. The molecule has 0 radical (unpaired) electrons. The number of hydrogen-bond acceptors (Lipinski definition) is 4. The Balaban J connectivity index is 4.08. The molecule has 0 amide bonds. The maximum Gasteiger partial charge on any atom is 0.164 e. The molecule has 0 aromatic rings. The Morgan fingerprint density at radius 1 is 1.29 bits per heavy atom. The third-order valence-corrected chi connectivity index (χ3v) is 2.02. The van der Waals surface area contributed by atoms with Crippen LogP contribution in [0.4, 0.5) is 0 Å². The van der Waals surface area contributed by atoms with E-state index in [0.717, 1.165) is 0 Å². The summed E-state index contributed by atoms with van der Waals surface area (Å²) in [5, 5.41) is 27.3. The van der Waals surface area contributed by atoms with Crippen molar-refractivity contribution < 1.29 is 20.1 Å². The summed E-state index contributed by atoms with van der Waals surface area (Å²) < 4.78 is 0. The van der Waals surface area contributed by atoms with Gasteiger partial charge in [-0.1, -0.05) is 20.8 Å². The van der Waals surface area contributed by atoms with Crippen LogP contribution < -0.4 is 0 Å². The second-order valence-electron chi connectivity index (χ2n) is 4.61. The van der Waals surface area contributed by atoms with Crippen LogP contribution in [0.15, 0.2) is 0 Å². The van der Waals surface area contributed by atoms with E-state index in [2.05, 4.69) is 0 Å². The van der Waals surface area contributed by atoms with E-state index < -0.39 is 17.6 Å². The second kappa shape index (κ2) is 5.44. The predicted molar refractivity (Wildman–Crippen MR) is 52.8 cm³/mol. The highest BCUT2D eigenvalue weighted by Crippen LogP contribution is 2.21. The molecule has 0 aromatic carbocycles. The largest absolute Gasteiger partial charge is 0.396 e. The Labute approximate surface area is 84.6 Å². The van der Waals surface area contributed by atoms with Crippen molar-refractivity contribution in [1.29, 1.82) is 0 Å². The molecule has 2 unspecified atom stereocenters. The zero-order valence-corrected chi connectivity index (χ0v) is 9.03. The van der Waals surface area contributed by atoms with E-state index in [9.17, 15) is 15.0 Å². The lowest BCUT2D eigenvalue weighted by molar-refractivity contribution is -0.134. The summed E-state index contributed by atoms with van der Waals surface area (Å²) >= 11 is 0. The Hall–Kier alpha value is -0.450. The van der Waals surface area contributed by atoms with Crippen molar-refractivity contribution >= 4 is 5.78 Å². The highest BCUT2D eigenvalue weighted by atomic mass is 16.3.